The molecular formula is C13H18N4O4. The Morgan fingerprint density at radius 3 is 2.90 bits per heavy atom. The van der Waals surface area contributed by atoms with E-state index in [1.54, 1.807) is 24.9 Å². The van der Waals surface area contributed by atoms with Crippen molar-refractivity contribution in [3.63, 3.8) is 0 Å². The van der Waals surface area contributed by atoms with Crippen LogP contribution in [-0.4, -0.2) is 46.9 Å². The first-order chi connectivity index (χ1) is 10.2. The van der Waals surface area contributed by atoms with Crippen molar-refractivity contribution in [2.75, 3.05) is 26.9 Å². The van der Waals surface area contributed by atoms with Crippen LogP contribution in [0, 0.1) is 0 Å². The lowest BCUT2D eigenvalue weighted by molar-refractivity contribution is -0.0657. The molecule has 0 amide bonds. The van der Waals surface area contributed by atoms with E-state index in [0.29, 0.717) is 49.6 Å². The van der Waals surface area contributed by atoms with Crippen LogP contribution < -0.4 is 4.74 Å². The minimum absolute atomic E-state index is 0.342. The monoisotopic (exact) mass is 294 g/mol. The van der Waals surface area contributed by atoms with Crippen LogP contribution in [-0.2, 0) is 22.1 Å². The molecule has 0 N–H and O–H groups in total. The van der Waals surface area contributed by atoms with Gasteiger partial charge in [-0.3, -0.25) is 0 Å². The summed E-state index contributed by atoms with van der Waals surface area (Å²) >= 11 is 0. The lowest BCUT2D eigenvalue weighted by Gasteiger charge is -2.22. The Labute approximate surface area is 122 Å². The van der Waals surface area contributed by atoms with Gasteiger partial charge in [-0.1, -0.05) is 0 Å². The summed E-state index contributed by atoms with van der Waals surface area (Å²) in [5, 5.41) is 12.5. The molecule has 1 unspecified atom stereocenters. The van der Waals surface area contributed by atoms with Crippen molar-refractivity contribution < 1.29 is 18.6 Å². The maximum atomic E-state index is 5.80. The van der Waals surface area contributed by atoms with E-state index in [9.17, 15) is 0 Å². The highest BCUT2D eigenvalue weighted by Crippen LogP contribution is 2.35. The second-order valence-corrected chi connectivity index (χ2v) is 4.84. The second-order valence-electron chi connectivity index (χ2n) is 4.84. The summed E-state index contributed by atoms with van der Waals surface area (Å²) in [6, 6.07) is 1.75. The number of rotatable bonds is 5. The lowest BCUT2D eigenvalue weighted by Crippen LogP contribution is -2.30. The molecule has 8 nitrogen and oxygen atoms in total. The minimum atomic E-state index is -0.640. The zero-order chi connectivity index (χ0) is 14.9. The summed E-state index contributed by atoms with van der Waals surface area (Å²) < 4.78 is 23.8. The molecule has 0 radical (unpaired) electrons. The van der Waals surface area contributed by atoms with Crippen molar-refractivity contribution in [3.8, 4) is 17.5 Å². The average Bonchev–Trinajstić information content (AvgIpc) is 3.17. The Bertz CT molecular complexity index is 615. The zero-order valence-corrected chi connectivity index (χ0v) is 12.3. The van der Waals surface area contributed by atoms with Gasteiger partial charge in [0.1, 0.15) is 0 Å². The normalized spacial score (nSPS) is 21.9. The number of ether oxygens (including phenoxy) is 3. The van der Waals surface area contributed by atoms with Gasteiger partial charge in [-0.05, 0) is 6.92 Å². The van der Waals surface area contributed by atoms with E-state index >= 15 is 0 Å². The molecule has 2 aromatic heterocycles. The van der Waals surface area contributed by atoms with Crippen molar-refractivity contribution in [3.05, 3.63) is 12.0 Å². The van der Waals surface area contributed by atoms with Gasteiger partial charge in [0.25, 0.3) is 11.8 Å². The molecule has 1 atom stereocenters. The topological polar surface area (TPSA) is 84.4 Å². The SMILES string of the molecule is CCOC1(c2nnc(-c3cc(OC)n(C)n3)o2)CCOC1. The molecule has 3 heterocycles. The molecule has 1 saturated heterocycles. The summed E-state index contributed by atoms with van der Waals surface area (Å²) in [5.41, 5.74) is -0.0718. The average molecular weight is 294 g/mol. The molecule has 8 heteroatoms. The Morgan fingerprint density at radius 1 is 1.43 bits per heavy atom. The number of hydrogen-bond acceptors (Lipinski definition) is 7. The van der Waals surface area contributed by atoms with Crippen LogP contribution in [0.25, 0.3) is 11.6 Å². The predicted molar refractivity (Wildman–Crippen MR) is 71.8 cm³/mol. The van der Waals surface area contributed by atoms with Crippen molar-refractivity contribution in [2.45, 2.75) is 18.9 Å². The molecule has 0 saturated carbocycles. The van der Waals surface area contributed by atoms with Crippen LogP contribution in [0.3, 0.4) is 0 Å². The number of methoxy groups -OCH3 is 1. The van der Waals surface area contributed by atoms with Gasteiger partial charge in [-0.2, -0.15) is 5.10 Å². The van der Waals surface area contributed by atoms with Crippen LogP contribution in [0.4, 0.5) is 0 Å². The van der Waals surface area contributed by atoms with Crippen LogP contribution in [0.1, 0.15) is 19.2 Å². The first kappa shape index (κ1) is 14.0. The van der Waals surface area contributed by atoms with E-state index in [1.807, 2.05) is 6.92 Å². The van der Waals surface area contributed by atoms with Crippen LogP contribution in [0.5, 0.6) is 5.88 Å². The fraction of sp³-hybridized carbons (Fsp3) is 0.615. The van der Waals surface area contributed by atoms with E-state index in [-0.39, 0.29) is 0 Å². The van der Waals surface area contributed by atoms with E-state index in [2.05, 4.69) is 15.3 Å². The Kier molecular flexibility index (Phi) is 3.64. The molecule has 21 heavy (non-hydrogen) atoms. The molecule has 0 aromatic carbocycles. The lowest BCUT2D eigenvalue weighted by atomic mass is 10.0. The van der Waals surface area contributed by atoms with Crippen molar-refractivity contribution in [2.24, 2.45) is 7.05 Å². The largest absolute Gasteiger partial charge is 0.481 e. The number of nitrogens with zero attached hydrogens (tertiary/aromatic N) is 4. The van der Waals surface area contributed by atoms with Crippen molar-refractivity contribution in [1.82, 2.24) is 20.0 Å². The Balaban J connectivity index is 1.91. The highest BCUT2D eigenvalue weighted by molar-refractivity contribution is 5.48. The summed E-state index contributed by atoms with van der Waals surface area (Å²) in [5.74, 6) is 1.39. The van der Waals surface area contributed by atoms with E-state index in [1.165, 1.54) is 0 Å². The quantitative estimate of drug-likeness (QED) is 0.817. The molecule has 114 valence electrons. The molecule has 1 aliphatic rings. The van der Waals surface area contributed by atoms with Gasteiger partial charge in [0.15, 0.2) is 11.3 Å². The molecule has 1 fully saturated rings. The molecule has 0 aliphatic carbocycles. The fourth-order valence-corrected chi connectivity index (χ4v) is 2.42. The van der Waals surface area contributed by atoms with Crippen molar-refractivity contribution >= 4 is 0 Å². The van der Waals surface area contributed by atoms with Crippen LogP contribution in [0.2, 0.25) is 0 Å². The van der Waals surface area contributed by atoms with Gasteiger partial charge >= 0.3 is 0 Å². The second kappa shape index (κ2) is 5.45. The zero-order valence-electron chi connectivity index (χ0n) is 12.3. The van der Waals surface area contributed by atoms with Gasteiger partial charge < -0.3 is 18.6 Å². The van der Waals surface area contributed by atoms with Gasteiger partial charge in [-0.15, -0.1) is 10.2 Å². The molecule has 0 spiro atoms. The standard InChI is InChI=1S/C13H18N4O4/c1-4-20-13(5-6-19-8-13)12-15-14-11(21-12)9-7-10(18-3)17(2)16-9/h7H,4-6,8H2,1-3H3. The fourth-order valence-electron chi connectivity index (χ4n) is 2.42. The third-order valence-corrected chi connectivity index (χ3v) is 3.49. The van der Waals surface area contributed by atoms with E-state index < -0.39 is 5.60 Å². The predicted octanol–water partition coefficient (Wildman–Crippen LogP) is 1.13. The minimum Gasteiger partial charge on any atom is -0.481 e. The molecule has 0 bridgehead atoms. The summed E-state index contributed by atoms with van der Waals surface area (Å²) in [6.45, 7) is 3.53. The summed E-state index contributed by atoms with van der Waals surface area (Å²) in [4.78, 5) is 0. The smallest absolute Gasteiger partial charge is 0.268 e. The van der Waals surface area contributed by atoms with Gasteiger partial charge in [0.2, 0.25) is 5.88 Å². The van der Waals surface area contributed by atoms with Crippen LogP contribution in [0.15, 0.2) is 10.5 Å². The summed E-state index contributed by atoms with van der Waals surface area (Å²) in [6.07, 6.45) is 0.702. The number of aryl methyl sites for hydroxylation is 1. The molecular weight excluding hydrogens is 276 g/mol. The van der Waals surface area contributed by atoms with E-state index in [4.69, 9.17) is 18.6 Å². The first-order valence-corrected chi connectivity index (χ1v) is 6.82. The first-order valence-electron chi connectivity index (χ1n) is 6.82. The van der Waals surface area contributed by atoms with E-state index in [0.717, 1.165) is 0 Å². The van der Waals surface area contributed by atoms with Gasteiger partial charge in [-0.25, -0.2) is 4.68 Å². The summed E-state index contributed by atoms with van der Waals surface area (Å²) in [7, 11) is 3.37. The Hall–Kier alpha value is -1.93. The third-order valence-electron chi connectivity index (χ3n) is 3.49. The maximum absolute atomic E-state index is 5.80. The molecule has 3 rings (SSSR count). The molecule has 2 aromatic rings. The van der Waals surface area contributed by atoms with Crippen molar-refractivity contribution in [1.29, 1.82) is 0 Å². The van der Waals surface area contributed by atoms with Gasteiger partial charge in [0.05, 0.1) is 20.3 Å². The van der Waals surface area contributed by atoms with Gasteiger partial charge in [0, 0.05) is 26.1 Å². The maximum Gasteiger partial charge on any atom is 0.268 e. The highest BCUT2D eigenvalue weighted by Gasteiger charge is 2.43. The van der Waals surface area contributed by atoms with Crippen LogP contribution >= 0.6 is 0 Å². The number of aromatic nitrogens is 4. The highest BCUT2D eigenvalue weighted by atomic mass is 16.6. The third kappa shape index (κ3) is 2.40. The Morgan fingerprint density at radius 2 is 2.29 bits per heavy atom. The molecule has 1 aliphatic heterocycles. The number of hydrogen-bond donors (Lipinski definition) is 0.